The average molecular weight is 130 g/mol. The van der Waals surface area contributed by atoms with Gasteiger partial charge in [0.15, 0.2) is 0 Å². The van der Waals surface area contributed by atoms with Crippen LogP contribution in [-0.4, -0.2) is 12.7 Å². The lowest BCUT2D eigenvalue weighted by Gasteiger charge is -2.02. The summed E-state index contributed by atoms with van der Waals surface area (Å²) >= 11 is 0. The highest BCUT2D eigenvalue weighted by atomic mass is 17.2. The second-order valence-electron chi connectivity index (χ2n) is 2.47. The molecule has 0 aromatic rings. The van der Waals surface area contributed by atoms with Gasteiger partial charge in [-0.3, -0.25) is 0 Å². The van der Waals surface area contributed by atoms with Gasteiger partial charge in [-0.1, -0.05) is 19.8 Å². The molecule has 1 saturated heterocycles. The summed E-state index contributed by atoms with van der Waals surface area (Å²) in [7, 11) is 0. The van der Waals surface area contributed by atoms with Gasteiger partial charge in [0.05, 0.1) is 12.7 Å². The van der Waals surface area contributed by atoms with Crippen LogP contribution in [0.5, 0.6) is 0 Å². The molecule has 1 atom stereocenters. The van der Waals surface area contributed by atoms with Crippen molar-refractivity contribution in [3.63, 3.8) is 0 Å². The molecule has 0 spiro atoms. The number of hydrogen-bond acceptors (Lipinski definition) is 2. The fraction of sp³-hybridized carbons (Fsp3) is 1.00. The molecule has 1 aliphatic heterocycles. The maximum absolute atomic E-state index is 4.96. The molecule has 2 heteroatoms. The largest absolute Gasteiger partial charge is 0.236 e. The third-order valence-electron chi connectivity index (χ3n) is 1.61. The van der Waals surface area contributed by atoms with E-state index < -0.39 is 0 Å². The van der Waals surface area contributed by atoms with E-state index in [1.165, 1.54) is 12.8 Å². The highest BCUT2D eigenvalue weighted by Crippen LogP contribution is 2.14. The van der Waals surface area contributed by atoms with Crippen LogP contribution in [0.1, 0.15) is 32.6 Å². The SMILES string of the molecule is CCCCC1CCOO1. The Hall–Kier alpha value is -0.0800. The van der Waals surface area contributed by atoms with Crippen molar-refractivity contribution in [2.24, 2.45) is 0 Å². The topological polar surface area (TPSA) is 18.5 Å². The van der Waals surface area contributed by atoms with E-state index in [-0.39, 0.29) is 0 Å². The van der Waals surface area contributed by atoms with E-state index in [0.717, 1.165) is 19.4 Å². The Balaban J connectivity index is 1.98. The zero-order chi connectivity index (χ0) is 6.53. The van der Waals surface area contributed by atoms with E-state index in [1.807, 2.05) is 0 Å². The summed E-state index contributed by atoms with van der Waals surface area (Å²) in [6.45, 7) is 2.98. The van der Waals surface area contributed by atoms with Gasteiger partial charge in [0.2, 0.25) is 0 Å². The first-order valence-corrected chi connectivity index (χ1v) is 3.71. The van der Waals surface area contributed by atoms with Crippen molar-refractivity contribution in [2.75, 3.05) is 6.61 Å². The van der Waals surface area contributed by atoms with E-state index in [4.69, 9.17) is 9.78 Å². The number of hydrogen-bond donors (Lipinski definition) is 0. The van der Waals surface area contributed by atoms with Gasteiger partial charge in [-0.25, -0.2) is 9.78 Å². The molecule has 1 fully saturated rings. The summed E-state index contributed by atoms with van der Waals surface area (Å²) in [6.07, 6.45) is 5.15. The molecule has 1 heterocycles. The van der Waals surface area contributed by atoms with Crippen LogP contribution in [0.25, 0.3) is 0 Å². The summed E-state index contributed by atoms with van der Waals surface area (Å²) in [5.41, 5.74) is 0. The Morgan fingerprint density at radius 1 is 1.56 bits per heavy atom. The standard InChI is InChI=1S/C7H14O2/c1-2-3-4-7-5-6-8-9-7/h7H,2-6H2,1H3. The maximum Gasteiger partial charge on any atom is 0.0953 e. The van der Waals surface area contributed by atoms with Gasteiger partial charge in [0, 0.05) is 6.42 Å². The van der Waals surface area contributed by atoms with Crippen LogP contribution in [0.3, 0.4) is 0 Å². The molecule has 0 aromatic carbocycles. The number of unbranched alkanes of at least 4 members (excludes halogenated alkanes) is 1. The molecule has 0 saturated carbocycles. The lowest BCUT2D eigenvalue weighted by atomic mass is 10.1. The van der Waals surface area contributed by atoms with E-state index in [9.17, 15) is 0 Å². The van der Waals surface area contributed by atoms with Crippen LogP contribution in [0.15, 0.2) is 0 Å². The van der Waals surface area contributed by atoms with Crippen LogP contribution in [0.2, 0.25) is 0 Å². The molecule has 1 aliphatic rings. The highest BCUT2D eigenvalue weighted by molar-refractivity contribution is 4.58. The molecule has 54 valence electrons. The summed E-state index contributed by atoms with van der Waals surface area (Å²) < 4.78 is 0. The Bertz CT molecular complexity index is 67.3. The fourth-order valence-electron chi connectivity index (χ4n) is 0.996. The second kappa shape index (κ2) is 3.85. The van der Waals surface area contributed by atoms with Gasteiger partial charge in [-0.05, 0) is 6.42 Å². The predicted octanol–water partition coefficient (Wildman–Crippen LogP) is 1.90. The Morgan fingerprint density at radius 3 is 3.00 bits per heavy atom. The van der Waals surface area contributed by atoms with Crippen molar-refractivity contribution in [1.29, 1.82) is 0 Å². The third kappa shape index (κ3) is 2.33. The van der Waals surface area contributed by atoms with Crippen LogP contribution in [-0.2, 0) is 9.78 Å². The molecule has 0 radical (unpaired) electrons. The smallest absolute Gasteiger partial charge is 0.0953 e. The van der Waals surface area contributed by atoms with Crippen LogP contribution < -0.4 is 0 Å². The third-order valence-corrected chi connectivity index (χ3v) is 1.61. The summed E-state index contributed by atoms with van der Waals surface area (Å²) in [4.78, 5) is 9.71. The zero-order valence-corrected chi connectivity index (χ0v) is 5.93. The molecule has 0 bridgehead atoms. The monoisotopic (exact) mass is 130 g/mol. The molecule has 0 aliphatic carbocycles. The molecule has 2 nitrogen and oxygen atoms in total. The van der Waals surface area contributed by atoms with Crippen molar-refractivity contribution in [3.8, 4) is 0 Å². The summed E-state index contributed by atoms with van der Waals surface area (Å²) in [5, 5.41) is 0. The minimum Gasteiger partial charge on any atom is -0.236 e. The van der Waals surface area contributed by atoms with Gasteiger partial charge >= 0.3 is 0 Å². The number of rotatable bonds is 3. The van der Waals surface area contributed by atoms with Gasteiger partial charge in [-0.2, -0.15) is 0 Å². The lowest BCUT2D eigenvalue weighted by molar-refractivity contribution is -0.275. The molecular formula is C7H14O2. The van der Waals surface area contributed by atoms with E-state index >= 15 is 0 Å². The molecule has 0 amide bonds. The molecule has 1 unspecified atom stereocenters. The van der Waals surface area contributed by atoms with Crippen LogP contribution in [0, 0.1) is 0 Å². The average Bonchev–Trinajstić information content (AvgIpc) is 2.34. The lowest BCUT2D eigenvalue weighted by Crippen LogP contribution is -2.02. The van der Waals surface area contributed by atoms with Crippen molar-refractivity contribution in [2.45, 2.75) is 38.7 Å². The summed E-state index contributed by atoms with van der Waals surface area (Å²) in [6, 6.07) is 0. The Kier molecular flexibility index (Phi) is 3.01. The Morgan fingerprint density at radius 2 is 2.44 bits per heavy atom. The first-order chi connectivity index (χ1) is 4.43. The first kappa shape index (κ1) is 7.03. The summed E-state index contributed by atoms with van der Waals surface area (Å²) in [5.74, 6) is 0. The van der Waals surface area contributed by atoms with Crippen molar-refractivity contribution in [3.05, 3.63) is 0 Å². The normalized spacial score (nSPS) is 27.0. The minimum atomic E-state index is 0.393. The Labute approximate surface area is 56.1 Å². The highest BCUT2D eigenvalue weighted by Gasteiger charge is 2.15. The van der Waals surface area contributed by atoms with Crippen LogP contribution in [0.4, 0.5) is 0 Å². The van der Waals surface area contributed by atoms with Crippen molar-refractivity contribution < 1.29 is 9.78 Å². The van der Waals surface area contributed by atoms with Gasteiger partial charge in [0.1, 0.15) is 0 Å². The van der Waals surface area contributed by atoms with E-state index in [1.54, 1.807) is 0 Å². The fourth-order valence-corrected chi connectivity index (χ4v) is 0.996. The van der Waals surface area contributed by atoms with Gasteiger partial charge in [0.25, 0.3) is 0 Å². The van der Waals surface area contributed by atoms with Crippen molar-refractivity contribution in [1.82, 2.24) is 0 Å². The zero-order valence-electron chi connectivity index (χ0n) is 5.93. The van der Waals surface area contributed by atoms with Crippen molar-refractivity contribution >= 4 is 0 Å². The predicted molar refractivity (Wildman–Crippen MR) is 35.0 cm³/mol. The van der Waals surface area contributed by atoms with Crippen LogP contribution >= 0.6 is 0 Å². The molecule has 0 aromatic heterocycles. The minimum absolute atomic E-state index is 0.393. The van der Waals surface area contributed by atoms with Gasteiger partial charge in [-0.15, -0.1) is 0 Å². The van der Waals surface area contributed by atoms with E-state index in [0.29, 0.717) is 6.10 Å². The first-order valence-electron chi connectivity index (χ1n) is 3.71. The molecule has 1 rings (SSSR count). The maximum atomic E-state index is 4.96. The second-order valence-corrected chi connectivity index (χ2v) is 2.47. The molecule has 0 N–H and O–H groups in total. The molecular weight excluding hydrogens is 116 g/mol. The van der Waals surface area contributed by atoms with E-state index in [2.05, 4.69) is 6.92 Å². The van der Waals surface area contributed by atoms with Gasteiger partial charge < -0.3 is 0 Å². The molecule has 9 heavy (non-hydrogen) atoms. The quantitative estimate of drug-likeness (QED) is 0.543.